The first-order valence-electron chi connectivity index (χ1n) is 7.70. The molecule has 0 heterocycles. The molecule has 2 aromatic rings. The predicted molar refractivity (Wildman–Crippen MR) is 92.5 cm³/mol. The molecule has 0 fully saturated rings. The Bertz CT molecular complexity index is 672. The van der Waals surface area contributed by atoms with Crippen LogP contribution in [0.5, 0.6) is 5.75 Å². The predicted octanol–water partition coefficient (Wildman–Crippen LogP) is 5.21. The third kappa shape index (κ3) is 5.46. The maximum atomic E-state index is 12.1. The molecular formula is C19H19NO2S. The van der Waals surface area contributed by atoms with Crippen LogP contribution in [0.1, 0.15) is 42.1 Å². The normalized spacial score (nSPS) is 10.1. The second-order valence-corrected chi connectivity index (χ2v) is 6.07. The summed E-state index contributed by atoms with van der Waals surface area (Å²) in [5.74, 6) is 0.107. The topological polar surface area (TPSA) is 50.1 Å². The second kappa shape index (κ2) is 9.02. The van der Waals surface area contributed by atoms with Crippen molar-refractivity contribution in [2.75, 3.05) is 0 Å². The summed E-state index contributed by atoms with van der Waals surface area (Å²) in [6.45, 7) is 2.19. The molecule has 0 aliphatic rings. The molecule has 2 aromatic carbocycles. The summed E-state index contributed by atoms with van der Waals surface area (Å²) < 4.78 is 5.34. The van der Waals surface area contributed by atoms with E-state index in [-0.39, 0.29) is 5.97 Å². The Morgan fingerprint density at radius 1 is 1.09 bits per heavy atom. The molecule has 0 aliphatic carbocycles. The van der Waals surface area contributed by atoms with Crippen LogP contribution in [0, 0.1) is 10.7 Å². The fourth-order valence-corrected chi connectivity index (χ4v) is 2.56. The SMILES string of the molecule is CCCCCc1ccc(C(=O)Oc2ccc(SC#N)cc2)cc1. The van der Waals surface area contributed by atoms with Crippen LogP contribution < -0.4 is 4.74 Å². The highest BCUT2D eigenvalue weighted by Crippen LogP contribution is 2.21. The first-order valence-corrected chi connectivity index (χ1v) is 8.51. The van der Waals surface area contributed by atoms with Crippen LogP contribution in [-0.2, 0) is 6.42 Å². The van der Waals surface area contributed by atoms with Gasteiger partial charge < -0.3 is 4.74 Å². The lowest BCUT2D eigenvalue weighted by atomic mass is 10.1. The summed E-state index contributed by atoms with van der Waals surface area (Å²) in [6.07, 6.45) is 4.65. The van der Waals surface area contributed by atoms with Crippen molar-refractivity contribution in [1.82, 2.24) is 0 Å². The number of thioether (sulfide) groups is 1. The fourth-order valence-electron chi connectivity index (χ4n) is 2.18. The highest BCUT2D eigenvalue weighted by Gasteiger charge is 2.08. The average Bonchev–Trinajstić information content (AvgIpc) is 2.58. The molecule has 0 unspecified atom stereocenters. The number of nitrogens with zero attached hydrogens (tertiary/aromatic N) is 1. The standard InChI is InChI=1S/C19H19NO2S/c1-2-3-4-5-15-6-8-16(9-7-15)19(21)22-17-10-12-18(13-11-17)23-14-20/h6-13H,2-5H2,1H3. The molecule has 3 nitrogen and oxygen atoms in total. The van der Waals surface area contributed by atoms with Gasteiger partial charge in [0.2, 0.25) is 0 Å². The van der Waals surface area contributed by atoms with Crippen molar-refractivity contribution in [1.29, 1.82) is 5.26 Å². The van der Waals surface area contributed by atoms with Crippen molar-refractivity contribution in [3.63, 3.8) is 0 Å². The zero-order valence-electron chi connectivity index (χ0n) is 13.1. The van der Waals surface area contributed by atoms with E-state index in [1.54, 1.807) is 24.3 Å². The van der Waals surface area contributed by atoms with Crippen LogP contribution in [0.25, 0.3) is 0 Å². The van der Waals surface area contributed by atoms with E-state index < -0.39 is 0 Å². The highest BCUT2D eigenvalue weighted by molar-refractivity contribution is 8.03. The Kier molecular flexibility index (Phi) is 6.71. The van der Waals surface area contributed by atoms with Crippen molar-refractivity contribution >= 4 is 17.7 Å². The molecule has 118 valence electrons. The molecule has 4 heteroatoms. The molecule has 0 spiro atoms. The van der Waals surface area contributed by atoms with E-state index in [9.17, 15) is 4.79 Å². The summed E-state index contributed by atoms with van der Waals surface area (Å²) in [5, 5.41) is 10.6. The van der Waals surface area contributed by atoms with E-state index >= 15 is 0 Å². The monoisotopic (exact) mass is 325 g/mol. The molecular weight excluding hydrogens is 306 g/mol. The van der Waals surface area contributed by atoms with E-state index in [0.29, 0.717) is 11.3 Å². The van der Waals surface area contributed by atoms with Gasteiger partial charge in [-0.25, -0.2) is 4.79 Å². The van der Waals surface area contributed by atoms with Gasteiger partial charge in [-0.1, -0.05) is 31.9 Å². The maximum absolute atomic E-state index is 12.1. The molecule has 0 bridgehead atoms. The van der Waals surface area contributed by atoms with Gasteiger partial charge in [0.15, 0.2) is 0 Å². The number of benzene rings is 2. The second-order valence-electron chi connectivity index (χ2n) is 5.21. The summed E-state index contributed by atoms with van der Waals surface area (Å²) in [4.78, 5) is 12.9. The molecule has 0 aromatic heterocycles. The van der Waals surface area contributed by atoms with Gasteiger partial charge in [0.1, 0.15) is 11.2 Å². The molecule has 0 saturated heterocycles. The average molecular weight is 325 g/mol. The number of aryl methyl sites for hydroxylation is 1. The van der Waals surface area contributed by atoms with Gasteiger partial charge in [0.05, 0.1) is 5.56 Å². The van der Waals surface area contributed by atoms with Crippen LogP contribution in [-0.4, -0.2) is 5.97 Å². The number of thiocyanates is 1. The number of hydrogen-bond donors (Lipinski definition) is 0. The molecule has 0 aliphatic heterocycles. The van der Waals surface area contributed by atoms with Crippen molar-refractivity contribution in [2.24, 2.45) is 0 Å². The van der Waals surface area contributed by atoms with E-state index in [1.165, 1.54) is 24.8 Å². The summed E-state index contributed by atoms with van der Waals surface area (Å²) >= 11 is 1.07. The lowest BCUT2D eigenvalue weighted by molar-refractivity contribution is 0.0734. The smallest absolute Gasteiger partial charge is 0.343 e. The zero-order valence-corrected chi connectivity index (χ0v) is 13.9. The van der Waals surface area contributed by atoms with E-state index in [2.05, 4.69) is 6.92 Å². The van der Waals surface area contributed by atoms with Crippen molar-refractivity contribution in [2.45, 2.75) is 37.5 Å². The summed E-state index contributed by atoms with van der Waals surface area (Å²) in [6, 6.07) is 14.5. The van der Waals surface area contributed by atoms with E-state index in [0.717, 1.165) is 23.1 Å². The maximum Gasteiger partial charge on any atom is 0.343 e. The van der Waals surface area contributed by atoms with Gasteiger partial charge in [-0.2, -0.15) is 5.26 Å². The van der Waals surface area contributed by atoms with Crippen LogP contribution in [0.2, 0.25) is 0 Å². The zero-order chi connectivity index (χ0) is 16.5. The van der Waals surface area contributed by atoms with Crippen LogP contribution in [0.3, 0.4) is 0 Å². The highest BCUT2D eigenvalue weighted by atomic mass is 32.2. The third-order valence-electron chi connectivity index (χ3n) is 3.46. The number of carbonyl (C=O) groups is 1. The number of esters is 1. The number of carbonyl (C=O) groups excluding carboxylic acids is 1. The van der Waals surface area contributed by atoms with Gasteiger partial charge in [0, 0.05) is 4.90 Å². The van der Waals surface area contributed by atoms with Crippen molar-refractivity contribution < 1.29 is 9.53 Å². The van der Waals surface area contributed by atoms with Gasteiger partial charge in [-0.15, -0.1) is 0 Å². The van der Waals surface area contributed by atoms with Crippen molar-refractivity contribution in [3.8, 4) is 11.2 Å². The fraction of sp³-hybridized carbons (Fsp3) is 0.263. The number of ether oxygens (including phenoxy) is 1. The van der Waals surface area contributed by atoms with E-state index in [4.69, 9.17) is 10.00 Å². The van der Waals surface area contributed by atoms with Crippen LogP contribution in [0.15, 0.2) is 53.4 Å². The first kappa shape index (κ1) is 17.1. The molecule has 0 amide bonds. The molecule has 23 heavy (non-hydrogen) atoms. The van der Waals surface area contributed by atoms with Crippen molar-refractivity contribution in [3.05, 3.63) is 59.7 Å². The summed E-state index contributed by atoms with van der Waals surface area (Å²) in [5.41, 5.74) is 1.78. The Labute approximate surface area is 141 Å². The number of rotatable bonds is 7. The minimum atomic E-state index is -0.370. The lowest BCUT2D eigenvalue weighted by Crippen LogP contribution is -2.08. The minimum Gasteiger partial charge on any atom is -0.423 e. The van der Waals surface area contributed by atoms with Crippen LogP contribution in [0.4, 0.5) is 0 Å². The third-order valence-corrected chi connectivity index (χ3v) is 4.06. The number of nitriles is 1. The Morgan fingerprint density at radius 3 is 2.39 bits per heavy atom. The molecule has 0 radical (unpaired) electrons. The number of hydrogen-bond acceptors (Lipinski definition) is 4. The Hall–Kier alpha value is -2.25. The lowest BCUT2D eigenvalue weighted by Gasteiger charge is -2.06. The quantitative estimate of drug-likeness (QED) is 0.230. The van der Waals surface area contributed by atoms with Gasteiger partial charge in [0.25, 0.3) is 0 Å². The van der Waals surface area contributed by atoms with E-state index in [1.807, 2.05) is 29.7 Å². The minimum absolute atomic E-state index is 0.370. The Balaban J connectivity index is 1.93. The number of unbranched alkanes of at least 4 members (excludes halogenated alkanes) is 2. The molecule has 2 rings (SSSR count). The molecule has 0 N–H and O–H groups in total. The Morgan fingerprint density at radius 2 is 1.78 bits per heavy atom. The molecule has 0 saturated carbocycles. The van der Waals surface area contributed by atoms with Gasteiger partial charge in [-0.05, 0) is 66.6 Å². The summed E-state index contributed by atoms with van der Waals surface area (Å²) in [7, 11) is 0. The van der Waals surface area contributed by atoms with Gasteiger partial charge in [-0.3, -0.25) is 0 Å². The largest absolute Gasteiger partial charge is 0.423 e. The first-order chi connectivity index (χ1) is 11.2. The van der Waals surface area contributed by atoms with Gasteiger partial charge >= 0.3 is 5.97 Å². The molecule has 0 atom stereocenters. The van der Waals surface area contributed by atoms with Crippen LogP contribution >= 0.6 is 11.8 Å².